The van der Waals surface area contributed by atoms with Crippen molar-refractivity contribution in [1.82, 2.24) is 15.1 Å². The van der Waals surface area contributed by atoms with Crippen LogP contribution in [0.2, 0.25) is 0 Å². The maximum absolute atomic E-state index is 12.6. The number of rotatable bonds is 5. The van der Waals surface area contributed by atoms with Gasteiger partial charge in [0.05, 0.1) is 6.04 Å². The second-order valence-electron chi connectivity index (χ2n) is 7.60. The SMILES string of the molecule is Cc1ccc(C(=O)N2CCN(C(=O)NC(C)c3ccc(SC(C)C)cc3)CC2)o1. The summed E-state index contributed by atoms with van der Waals surface area (Å²) in [7, 11) is 0. The van der Waals surface area contributed by atoms with Crippen LogP contribution in [0.3, 0.4) is 0 Å². The normalized spacial score (nSPS) is 15.5. The van der Waals surface area contributed by atoms with Crippen molar-refractivity contribution < 1.29 is 14.0 Å². The van der Waals surface area contributed by atoms with Gasteiger partial charge in [-0.15, -0.1) is 11.8 Å². The molecule has 3 amide bonds. The molecule has 1 fully saturated rings. The van der Waals surface area contributed by atoms with Crippen molar-refractivity contribution in [2.24, 2.45) is 0 Å². The molecule has 1 saturated heterocycles. The van der Waals surface area contributed by atoms with Gasteiger partial charge in [0.2, 0.25) is 0 Å². The van der Waals surface area contributed by atoms with E-state index in [0.29, 0.717) is 37.2 Å². The van der Waals surface area contributed by atoms with Gasteiger partial charge in [-0.1, -0.05) is 26.0 Å². The molecule has 1 unspecified atom stereocenters. The fraction of sp³-hybridized carbons (Fsp3) is 0.455. The van der Waals surface area contributed by atoms with Crippen LogP contribution in [0.15, 0.2) is 45.7 Å². The van der Waals surface area contributed by atoms with Gasteiger partial charge in [0.15, 0.2) is 5.76 Å². The van der Waals surface area contributed by atoms with E-state index in [-0.39, 0.29) is 18.0 Å². The summed E-state index contributed by atoms with van der Waals surface area (Å²) < 4.78 is 5.42. The average Bonchev–Trinajstić information content (AvgIpc) is 3.14. The van der Waals surface area contributed by atoms with Gasteiger partial charge in [-0.25, -0.2) is 4.79 Å². The van der Waals surface area contributed by atoms with Crippen LogP contribution in [0.25, 0.3) is 0 Å². The van der Waals surface area contributed by atoms with E-state index in [4.69, 9.17) is 4.42 Å². The molecule has 1 atom stereocenters. The Hall–Kier alpha value is -2.41. The van der Waals surface area contributed by atoms with Crippen LogP contribution in [0, 0.1) is 6.92 Å². The molecule has 0 aliphatic carbocycles. The Morgan fingerprint density at radius 2 is 1.59 bits per heavy atom. The summed E-state index contributed by atoms with van der Waals surface area (Å²) in [6.45, 7) is 10.2. The van der Waals surface area contributed by atoms with Crippen molar-refractivity contribution in [3.05, 3.63) is 53.5 Å². The standard InChI is InChI=1S/C22H29N3O3S/c1-15(2)29-19-8-6-18(7-9-19)17(4)23-22(27)25-13-11-24(12-14-25)21(26)20-10-5-16(3)28-20/h5-10,15,17H,11-14H2,1-4H3,(H,23,27). The number of urea groups is 1. The number of carbonyl (C=O) groups excluding carboxylic acids is 2. The van der Waals surface area contributed by atoms with E-state index in [1.165, 1.54) is 4.90 Å². The van der Waals surface area contributed by atoms with E-state index >= 15 is 0 Å². The number of thioether (sulfide) groups is 1. The Morgan fingerprint density at radius 1 is 0.966 bits per heavy atom. The lowest BCUT2D eigenvalue weighted by Crippen LogP contribution is -2.53. The number of nitrogens with one attached hydrogen (secondary N) is 1. The van der Waals surface area contributed by atoms with Gasteiger partial charge in [0.1, 0.15) is 5.76 Å². The largest absolute Gasteiger partial charge is 0.456 e. The zero-order valence-corrected chi connectivity index (χ0v) is 18.3. The smallest absolute Gasteiger partial charge is 0.317 e. The Kier molecular flexibility index (Phi) is 6.90. The first-order chi connectivity index (χ1) is 13.8. The van der Waals surface area contributed by atoms with Crippen LogP contribution in [-0.4, -0.2) is 53.2 Å². The highest BCUT2D eigenvalue weighted by Crippen LogP contribution is 2.24. The summed E-state index contributed by atoms with van der Waals surface area (Å²) >= 11 is 1.82. The molecular weight excluding hydrogens is 386 g/mol. The van der Waals surface area contributed by atoms with Crippen LogP contribution in [0.1, 0.15) is 48.7 Å². The topological polar surface area (TPSA) is 65.8 Å². The van der Waals surface area contributed by atoms with Gasteiger partial charge in [-0.2, -0.15) is 0 Å². The number of carbonyl (C=O) groups is 2. The predicted octanol–water partition coefficient (Wildman–Crippen LogP) is 4.32. The van der Waals surface area contributed by atoms with Crippen molar-refractivity contribution in [2.75, 3.05) is 26.2 Å². The van der Waals surface area contributed by atoms with Crippen LogP contribution in [0.4, 0.5) is 4.79 Å². The van der Waals surface area contributed by atoms with Crippen molar-refractivity contribution in [3.8, 4) is 0 Å². The molecule has 0 radical (unpaired) electrons. The number of piperazine rings is 1. The molecule has 29 heavy (non-hydrogen) atoms. The van der Waals surface area contributed by atoms with Gasteiger partial charge in [-0.05, 0) is 43.7 Å². The molecule has 1 aromatic carbocycles. The summed E-state index contributed by atoms with van der Waals surface area (Å²) in [5.41, 5.74) is 1.08. The molecule has 1 N–H and O–H groups in total. The molecule has 0 bridgehead atoms. The summed E-state index contributed by atoms with van der Waals surface area (Å²) in [5.74, 6) is 0.954. The fourth-order valence-electron chi connectivity index (χ4n) is 3.29. The maximum atomic E-state index is 12.6. The highest BCUT2D eigenvalue weighted by atomic mass is 32.2. The fourth-order valence-corrected chi connectivity index (χ4v) is 4.12. The first-order valence-electron chi connectivity index (χ1n) is 10.0. The Bertz CT molecular complexity index is 839. The molecule has 1 aromatic heterocycles. The zero-order chi connectivity index (χ0) is 21.0. The third-order valence-corrected chi connectivity index (χ3v) is 5.91. The molecule has 2 heterocycles. The van der Waals surface area contributed by atoms with Crippen molar-refractivity contribution >= 4 is 23.7 Å². The number of aryl methyl sites for hydroxylation is 1. The minimum atomic E-state index is -0.120. The maximum Gasteiger partial charge on any atom is 0.317 e. The van der Waals surface area contributed by atoms with E-state index in [9.17, 15) is 9.59 Å². The molecule has 156 valence electrons. The number of nitrogens with zero attached hydrogens (tertiary/aromatic N) is 2. The third kappa shape index (κ3) is 5.56. The molecule has 0 saturated carbocycles. The van der Waals surface area contributed by atoms with E-state index in [2.05, 4.69) is 43.4 Å². The average molecular weight is 416 g/mol. The Morgan fingerprint density at radius 3 is 2.14 bits per heavy atom. The van der Waals surface area contributed by atoms with Crippen LogP contribution < -0.4 is 5.32 Å². The minimum absolute atomic E-state index is 0.0774. The lowest BCUT2D eigenvalue weighted by molar-refractivity contribution is 0.0631. The summed E-state index contributed by atoms with van der Waals surface area (Å²) in [4.78, 5) is 29.8. The number of hydrogen-bond donors (Lipinski definition) is 1. The number of hydrogen-bond acceptors (Lipinski definition) is 4. The highest BCUT2D eigenvalue weighted by molar-refractivity contribution is 7.99. The number of amides is 3. The Labute approximate surface area is 176 Å². The summed E-state index contributed by atoms with van der Waals surface area (Å²) in [6.07, 6.45) is 0. The number of furan rings is 1. The second kappa shape index (κ2) is 9.39. The van der Waals surface area contributed by atoms with E-state index in [1.807, 2.05) is 25.6 Å². The zero-order valence-electron chi connectivity index (χ0n) is 17.5. The minimum Gasteiger partial charge on any atom is -0.456 e. The predicted molar refractivity (Wildman–Crippen MR) is 115 cm³/mol. The van der Waals surface area contributed by atoms with Gasteiger partial charge in [0.25, 0.3) is 5.91 Å². The van der Waals surface area contributed by atoms with Gasteiger partial charge < -0.3 is 19.5 Å². The van der Waals surface area contributed by atoms with Crippen LogP contribution >= 0.6 is 11.8 Å². The molecule has 2 aromatic rings. The van der Waals surface area contributed by atoms with Crippen LogP contribution in [-0.2, 0) is 0 Å². The van der Waals surface area contributed by atoms with Crippen molar-refractivity contribution in [1.29, 1.82) is 0 Å². The molecule has 1 aliphatic rings. The molecule has 1 aliphatic heterocycles. The highest BCUT2D eigenvalue weighted by Gasteiger charge is 2.27. The molecule has 7 heteroatoms. The third-order valence-electron chi connectivity index (χ3n) is 4.90. The van der Waals surface area contributed by atoms with Gasteiger partial charge in [-0.3, -0.25) is 4.79 Å². The molecular formula is C22H29N3O3S. The van der Waals surface area contributed by atoms with Crippen molar-refractivity contribution in [2.45, 2.75) is 43.9 Å². The molecule has 6 nitrogen and oxygen atoms in total. The lowest BCUT2D eigenvalue weighted by Gasteiger charge is -2.35. The lowest BCUT2D eigenvalue weighted by atomic mass is 10.1. The number of benzene rings is 1. The summed E-state index contributed by atoms with van der Waals surface area (Å²) in [5, 5.41) is 3.61. The van der Waals surface area contributed by atoms with Gasteiger partial charge >= 0.3 is 6.03 Å². The van der Waals surface area contributed by atoms with Crippen molar-refractivity contribution in [3.63, 3.8) is 0 Å². The van der Waals surface area contributed by atoms with E-state index < -0.39 is 0 Å². The quantitative estimate of drug-likeness (QED) is 0.739. The van der Waals surface area contributed by atoms with Crippen LogP contribution in [0.5, 0.6) is 0 Å². The monoisotopic (exact) mass is 415 g/mol. The first kappa shape index (κ1) is 21.3. The molecule has 0 spiro atoms. The summed E-state index contributed by atoms with van der Waals surface area (Å²) in [6, 6.07) is 11.6. The van der Waals surface area contributed by atoms with E-state index in [1.54, 1.807) is 21.9 Å². The first-order valence-corrected chi connectivity index (χ1v) is 10.9. The Balaban J connectivity index is 1.49. The van der Waals surface area contributed by atoms with E-state index in [0.717, 1.165) is 11.3 Å². The second-order valence-corrected chi connectivity index (χ2v) is 9.25. The molecule has 3 rings (SSSR count). The van der Waals surface area contributed by atoms with Gasteiger partial charge in [0, 0.05) is 36.3 Å².